The molecule has 0 aliphatic carbocycles. The maximum absolute atomic E-state index is 13.3. The van der Waals surface area contributed by atoms with Gasteiger partial charge in [-0.15, -0.1) is 0 Å². The van der Waals surface area contributed by atoms with Crippen LogP contribution in [-0.2, 0) is 19.0 Å². The van der Waals surface area contributed by atoms with Crippen molar-refractivity contribution < 1.29 is 13.2 Å². The third-order valence-corrected chi connectivity index (χ3v) is 5.19. The summed E-state index contributed by atoms with van der Waals surface area (Å²) < 4.78 is 39.9. The lowest BCUT2D eigenvalue weighted by molar-refractivity contribution is -0.136. The molecule has 1 N–H and O–H groups in total. The minimum atomic E-state index is -4.42. The molecule has 0 aromatic heterocycles. The van der Waals surface area contributed by atoms with E-state index in [-0.39, 0.29) is 5.69 Å². The van der Waals surface area contributed by atoms with Gasteiger partial charge in [0.2, 0.25) is 0 Å². The van der Waals surface area contributed by atoms with Crippen LogP contribution in [0.5, 0.6) is 0 Å². The number of halogens is 3. The van der Waals surface area contributed by atoms with Crippen molar-refractivity contribution in [1.82, 2.24) is 0 Å². The molecule has 0 saturated heterocycles. The maximum atomic E-state index is 13.3. The molecule has 0 unspecified atom stereocenters. The molecule has 0 amide bonds. The highest BCUT2D eigenvalue weighted by molar-refractivity contribution is 5.80. The molecule has 0 spiro atoms. The van der Waals surface area contributed by atoms with Crippen molar-refractivity contribution in [2.45, 2.75) is 39.3 Å². The number of nitrogens with one attached hydrogen (secondary N) is 1. The van der Waals surface area contributed by atoms with Crippen LogP contribution in [0.3, 0.4) is 0 Å². The van der Waals surface area contributed by atoms with Crippen molar-refractivity contribution in [2.24, 2.45) is 0 Å². The molecule has 0 atom stereocenters. The Morgan fingerprint density at radius 2 is 1.40 bits per heavy atom. The van der Waals surface area contributed by atoms with Crippen molar-refractivity contribution in [3.05, 3.63) is 107 Å². The second kappa shape index (κ2) is 9.21. The molecule has 0 bridgehead atoms. The van der Waals surface area contributed by atoms with Gasteiger partial charge in [0.25, 0.3) is 0 Å². The molecule has 0 aliphatic heterocycles. The van der Waals surface area contributed by atoms with Crippen molar-refractivity contribution in [3.8, 4) is 0 Å². The number of aryl methyl sites for hydroxylation is 4. The van der Waals surface area contributed by atoms with Gasteiger partial charge in [0.05, 0.1) is 11.3 Å². The van der Waals surface area contributed by atoms with E-state index >= 15 is 0 Å². The van der Waals surface area contributed by atoms with E-state index in [0.29, 0.717) is 5.70 Å². The van der Waals surface area contributed by atoms with E-state index in [1.165, 1.54) is 23.3 Å². The lowest BCUT2D eigenvalue weighted by Gasteiger charge is -2.19. The lowest BCUT2D eigenvalue weighted by Crippen LogP contribution is -2.11. The molecule has 156 valence electrons. The zero-order valence-corrected chi connectivity index (χ0v) is 17.3. The second-order valence-electron chi connectivity index (χ2n) is 7.59. The number of para-hydroxylation sites is 1. The first-order valence-electron chi connectivity index (χ1n) is 10.0. The number of hydrogen-bond acceptors (Lipinski definition) is 1. The van der Waals surface area contributed by atoms with Gasteiger partial charge in [0.1, 0.15) is 0 Å². The van der Waals surface area contributed by atoms with Crippen LogP contribution < -0.4 is 5.32 Å². The predicted molar refractivity (Wildman–Crippen MR) is 118 cm³/mol. The summed E-state index contributed by atoms with van der Waals surface area (Å²) in [6.07, 6.45) is -1.41. The Bertz CT molecular complexity index is 997. The average Bonchev–Trinajstić information content (AvgIpc) is 2.68. The number of hydrogen-bond donors (Lipinski definition) is 1. The van der Waals surface area contributed by atoms with E-state index < -0.39 is 11.7 Å². The van der Waals surface area contributed by atoms with E-state index in [2.05, 4.69) is 36.2 Å². The number of rotatable bonds is 7. The van der Waals surface area contributed by atoms with Gasteiger partial charge < -0.3 is 5.32 Å². The lowest BCUT2D eigenvalue weighted by atomic mass is 9.94. The summed E-state index contributed by atoms with van der Waals surface area (Å²) >= 11 is 0. The Kier molecular flexibility index (Phi) is 6.66. The summed E-state index contributed by atoms with van der Waals surface area (Å²) in [5, 5.41) is 2.88. The highest BCUT2D eigenvalue weighted by Crippen LogP contribution is 2.36. The minimum absolute atomic E-state index is 0.0146. The molecule has 0 aliphatic rings. The quantitative estimate of drug-likeness (QED) is 0.424. The predicted octanol–water partition coefficient (Wildman–Crippen LogP) is 7.58. The smallest absolute Gasteiger partial charge is 0.355 e. The minimum Gasteiger partial charge on any atom is -0.355 e. The van der Waals surface area contributed by atoms with Gasteiger partial charge in [-0.2, -0.15) is 13.2 Å². The molecule has 0 fully saturated rings. The highest BCUT2D eigenvalue weighted by atomic mass is 19.4. The van der Waals surface area contributed by atoms with Crippen LogP contribution in [0.25, 0.3) is 5.70 Å². The first kappa shape index (κ1) is 21.7. The van der Waals surface area contributed by atoms with Crippen molar-refractivity contribution >= 4 is 11.4 Å². The molecule has 4 heteroatoms. The third kappa shape index (κ3) is 5.32. The van der Waals surface area contributed by atoms with E-state index in [1.807, 2.05) is 32.0 Å². The molecule has 30 heavy (non-hydrogen) atoms. The Morgan fingerprint density at radius 1 is 0.833 bits per heavy atom. The molecule has 3 aromatic rings. The second-order valence-corrected chi connectivity index (χ2v) is 7.59. The molecule has 3 aromatic carbocycles. The highest BCUT2D eigenvalue weighted by Gasteiger charge is 2.33. The van der Waals surface area contributed by atoms with Crippen molar-refractivity contribution in [2.75, 3.05) is 5.32 Å². The van der Waals surface area contributed by atoms with Gasteiger partial charge in [0, 0.05) is 11.3 Å². The summed E-state index contributed by atoms with van der Waals surface area (Å²) in [6, 6.07) is 20.1. The zero-order chi connectivity index (χ0) is 21.7. The SMILES string of the molecule is C=C(Nc1ccccc1C(F)(F)F)c1c(C)cc(CCCc2ccccc2)cc1C. The summed E-state index contributed by atoms with van der Waals surface area (Å²) in [5.41, 5.74) is 5.21. The van der Waals surface area contributed by atoms with Crippen LogP contribution in [0.4, 0.5) is 18.9 Å². The van der Waals surface area contributed by atoms with Crippen molar-refractivity contribution in [3.63, 3.8) is 0 Å². The van der Waals surface area contributed by atoms with Gasteiger partial charge in [-0.3, -0.25) is 0 Å². The normalized spacial score (nSPS) is 11.4. The summed E-state index contributed by atoms with van der Waals surface area (Å²) in [5.74, 6) is 0. The van der Waals surface area contributed by atoms with Crippen molar-refractivity contribution in [1.29, 1.82) is 0 Å². The molecular formula is C26H26F3N. The van der Waals surface area contributed by atoms with Crippen LogP contribution in [0.15, 0.2) is 73.3 Å². The van der Waals surface area contributed by atoms with E-state index in [4.69, 9.17) is 0 Å². The van der Waals surface area contributed by atoms with Gasteiger partial charge >= 0.3 is 6.18 Å². The average molecular weight is 409 g/mol. The zero-order valence-electron chi connectivity index (χ0n) is 17.3. The van der Waals surface area contributed by atoms with Crippen LogP contribution in [0.2, 0.25) is 0 Å². The van der Waals surface area contributed by atoms with Gasteiger partial charge in [-0.25, -0.2) is 0 Å². The van der Waals surface area contributed by atoms with Gasteiger partial charge in [0.15, 0.2) is 0 Å². The number of alkyl halides is 3. The molecule has 1 nitrogen and oxygen atoms in total. The van der Waals surface area contributed by atoms with Gasteiger partial charge in [-0.05, 0) is 67.5 Å². The number of anilines is 1. The van der Waals surface area contributed by atoms with Crippen LogP contribution in [0, 0.1) is 13.8 Å². The fourth-order valence-corrected chi connectivity index (χ4v) is 3.88. The maximum Gasteiger partial charge on any atom is 0.418 e. The first-order valence-corrected chi connectivity index (χ1v) is 10.0. The summed E-state index contributed by atoms with van der Waals surface area (Å²) in [7, 11) is 0. The summed E-state index contributed by atoms with van der Waals surface area (Å²) in [6.45, 7) is 7.97. The molecular weight excluding hydrogens is 383 g/mol. The van der Waals surface area contributed by atoms with Gasteiger partial charge in [-0.1, -0.05) is 61.2 Å². The molecule has 0 saturated carbocycles. The van der Waals surface area contributed by atoms with Crippen LogP contribution in [-0.4, -0.2) is 0 Å². The van der Waals surface area contributed by atoms with Crippen LogP contribution in [0.1, 0.15) is 39.8 Å². The summed E-state index contributed by atoms with van der Waals surface area (Å²) in [4.78, 5) is 0. The third-order valence-electron chi connectivity index (χ3n) is 5.19. The van der Waals surface area contributed by atoms with Crippen LogP contribution >= 0.6 is 0 Å². The Balaban J connectivity index is 1.73. The molecule has 3 rings (SSSR count). The van der Waals surface area contributed by atoms with E-state index in [1.54, 1.807) is 6.07 Å². The first-order chi connectivity index (χ1) is 14.3. The molecule has 0 heterocycles. The molecule has 0 radical (unpaired) electrons. The monoisotopic (exact) mass is 409 g/mol. The number of benzene rings is 3. The fourth-order valence-electron chi connectivity index (χ4n) is 3.88. The standard InChI is InChI=1S/C26H26F3N/c1-18-16-22(13-9-12-21-10-5-4-6-11-21)17-19(2)25(18)20(3)30-24-15-8-7-14-23(24)26(27,28)29/h4-8,10-11,14-17,30H,3,9,12-13H2,1-2H3. The Labute approximate surface area is 176 Å². The largest absolute Gasteiger partial charge is 0.418 e. The van der Waals surface area contributed by atoms with E-state index in [0.717, 1.165) is 42.0 Å². The Hall–Kier alpha value is -3.01. The fraction of sp³-hybridized carbons (Fsp3) is 0.231. The Morgan fingerprint density at radius 3 is 2.03 bits per heavy atom. The topological polar surface area (TPSA) is 12.0 Å². The van der Waals surface area contributed by atoms with E-state index in [9.17, 15) is 13.2 Å².